The molecule has 0 saturated heterocycles. The van der Waals surface area contributed by atoms with Crippen molar-refractivity contribution < 1.29 is 17.9 Å². The molecule has 0 spiro atoms. The highest BCUT2D eigenvalue weighted by molar-refractivity contribution is 7.89. The quantitative estimate of drug-likeness (QED) is 0.621. The van der Waals surface area contributed by atoms with Crippen molar-refractivity contribution in [1.29, 1.82) is 0 Å². The van der Waals surface area contributed by atoms with Gasteiger partial charge >= 0.3 is 0 Å². The smallest absolute Gasteiger partial charge is 0.248 e. The van der Waals surface area contributed by atoms with E-state index >= 15 is 0 Å². The number of benzene rings is 2. The van der Waals surface area contributed by atoms with Gasteiger partial charge in [0, 0.05) is 24.9 Å². The fourth-order valence-corrected chi connectivity index (χ4v) is 4.01. The number of methoxy groups -OCH3 is 1. The van der Waals surface area contributed by atoms with Crippen molar-refractivity contribution in [2.75, 3.05) is 19.0 Å². The normalized spacial score (nSPS) is 13.4. The van der Waals surface area contributed by atoms with E-state index in [0.717, 1.165) is 5.56 Å². The number of hydrogen-bond donors (Lipinski definition) is 2. The zero-order chi connectivity index (χ0) is 22.4. The number of hydrogen-bond acceptors (Lipinski definition) is 4. The number of rotatable bonds is 8. The summed E-state index contributed by atoms with van der Waals surface area (Å²) in [5.41, 5.74) is 2.74. The van der Waals surface area contributed by atoms with E-state index in [2.05, 4.69) is 42.9 Å². The van der Waals surface area contributed by atoms with Gasteiger partial charge in [-0.2, -0.15) is 0 Å². The molecule has 0 aliphatic rings. The van der Waals surface area contributed by atoms with Crippen LogP contribution in [0.4, 0.5) is 5.69 Å². The molecular formula is C23H30N2O4S. The molecule has 6 nitrogen and oxygen atoms in total. The molecule has 0 fully saturated rings. The topological polar surface area (TPSA) is 84.5 Å². The zero-order valence-electron chi connectivity index (χ0n) is 18.1. The summed E-state index contributed by atoms with van der Waals surface area (Å²) < 4.78 is 32.1. The molecule has 0 saturated carbocycles. The molecular weight excluding hydrogens is 400 g/mol. The molecule has 1 atom stereocenters. The van der Waals surface area contributed by atoms with Crippen LogP contribution in [0.1, 0.15) is 38.8 Å². The summed E-state index contributed by atoms with van der Waals surface area (Å²) in [6.07, 6.45) is 3.19. The first-order valence-corrected chi connectivity index (χ1v) is 11.2. The molecule has 2 aromatic rings. The van der Waals surface area contributed by atoms with Crippen LogP contribution in [0.2, 0.25) is 0 Å². The number of anilines is 1. The second kappa shape index (κ2) is 10.0. The Morgan fingerprint density at radius 2 is 1.67 bits per heavy atom. The van der Waals surface area contributed by atoms with E-state index in [1.165, 1.54) is 30.9 Å². The Morgan fingerprint density at radius 1 is 1.07 bits per heavy atom. The third kappa shape index (κ3) is 7.09. The minimum atomic E-state index is -3.64. The van der Waals surface area contributed by atoms with Crippen LogP contribution in [0.25, 0.3) is 6.08 Å². The van der Waals surface area contributed by atoms with Gasteiger partial charge in [0.2, 0.25) is 15.9 Å². The predicted molar refractivity (Wildman–Crippen MR) is 121 cm³/mol. The average Bonchev–Trinajstić information content (AvgIpc) is 2.66. The number of sulfonamides is 1. The van der Waals surface area contributed by atoms with Crippen LogP contribution < -0.4 is 10.0 Å². The molecule has 7 heteroatoms. The van der Waals surface area contributed by atoms with E-state index < -0.39 is 10.0 Å². The fraction of sp³-hybridized carbons (Fsp3) is 0.348. The largest absolute Gasteiger partial charge is 0.383 e. The summed E-state index contributed by atoms with van der Waals surface area (Å²) in [5, 5.41) is 2.73. The molecule has 2 N–H and O–H groups in total. The summed E-state index contributed by atoms with van der Waals surface area (Å²) >= 11 is 0. The molecule has 2 rings (SSSR count). The minimum Gasteiger partial charge on any atom is -0.383 e. The molecule has 1 amide bonds. The predicted octanol–water partition coefficient (Wildman–Crippen LogP) is 3.95. The van der Waals surface area contributed by atoms with Gasteiger partial charge in [0.05, 0.1) is 11.5 Å². The van der Waals surface area contributed by atoms with Crippen LogP contribution in [0.3, 0.4) is 0 Å². The van der Waals surface area contributed by atoms with Gasteiger partial charge < -0.3 is 10.1 Å². The van der Waals surface area contributed by atoms with Crippen LogP contribution in [0, 0.1) is 0 Å². The lowest BCUT2D eigenvalue weighted by atomic mass is 9.87. The monoisotopic (exact) mass is 430 g/mol. The van der Waals surface area contributed by atoms with E-state index in [0.29, 0.717) is 5.69 Å². The van der Waals surface area contributed by atoms with E-state index in [1.807, 2.05) is 12.1 Å². The summed E-state index contributed by atoms with van der Waals surface area (Å²) in [6, 6.07) is 13.7. The highest BCUT2D eigenvalue weighted by atomic mass is 32.2. The summed E-state index contributed by atoms with van der Waals surface area (Å²) in [5.74, 6) is -0.294. The van der Waals surface area contributed by atoms with Gasteiger partial charge in [-0.1, -0.05) is 45.0 Å². The maximum atomic E-state index is 12.3. The molecule has 0 aromatic heterocycles. The van der Waals surface area contributed by atoms with E-state index in [4.69, 9.17) is 4.74 Å². The van der Waals surface area contributed by atoms with Crippen molar-refractivity contribution in [1.82, 2.24) is 4.72 Å². The van der Waals surface area contributed by atoms with Gasteiger partial charge in [-0.25, -0.2) is 13.1 Å². The SMILES string of the molecule is COCC(C)NS(=O)(=O)c1ccc(NC(=O)/C=C/c2ccc(C(C)(C)C)cc2)cc1. The van der Waals surface area contributed by atoms with Crippen molar-refractivity contribution in [3.8, 4) is 0 Å². The molecule has 0 aliphatic heterocycles. The summed E-state index contributed by atoms with van der Waals surface area (Å²) in [4.78, 5) is 12.3. The standard InChI is InChI=1S/C23H30N2O4S/c1-17(16-29-5)25-30(27,28)21-13-11-20(12-14-21)24-22(26)15-8-18-6-9-19(10-7-18)23(2,3)4/h6-15,17,25H,16H2,1-5H3,(H,24,26)/b15-8+. The molecule has 0 heterocycles. The van der Waals surface area contributed by atoms with Gasteiger partial charge in [-0.3, -0.25) is 4.79 Å². The van der Waals surface area contributed by atoms with Gasteiger partial charge in [0.25, 0.3) is 0 Å². The Hall–Kier alpha value is -2.48. The Kier molecular flexibility index (Phi) is 7.95. The summed E-state index contributed by atoms with van der Waals surface area (Å²) in [7, 11) is -2.13. The molecule has 2 aromatic carbocycles. The van der Waals surface area contributed by atoms with Crippen molar-refractivity contribution >= 4 is 27.7 Å². The maximum Gasteiger partial charge on any atom is 0.248 e. The van der Waals surface area contributed by atoms with Crippen LogP contribution in [0.15, 0.2) is 59.5 Å². The summed E-state index contributed by atoms with van der Waals surface area (Å²) in [6.45, 7) is 8.45. The lowest BCUT2D eigenvalue weighted by Crippen LogP contribution is -2.35. The average molecular weight is 431 g/mol. The van der Waals surface area contributed by atoms with Crippen LogP contribution in [-0.4, -0.2) is 34.1 Å². The number of nitrogens with one attached hydrogen (secondary N) is 2. The zero-order valence-corrected chi connectivity index (χ0v) is 18.9. The van der Waals surface area contributed by atoms with Crippen LogP contribution >= 0.6 is 0 Å². The van der Waals surface area contributed by atoms with E-state index in [-0.39, 0.29) is 28.9 Å². The number of carbonyl (C=O) groups excluding carboxylic acids is 1. The fourth-order valence-electron chi connectivity index (χ4n) is 2.78. The Labute approximate surface area is 179 Å². The number of ether oxygens (including phenoxy) is 1. The van der Waals surface area contributed by atoms with Gasteiger partial charge in [0.15, 0.2) is 0 Å². The molecule has 30 heavy (non-hydrogen) atoms. The molecule has 0 aliphatic carbocycles. The van der Waals surface area contributed by atoms with Gasteiger partial charge in [-0.15, -0.1) is 0 Å². The number of carbonyl (C=O) groups is 1. The lowest BCUT2D eigenvalue weighted by Gasteiger charge is -2.18. The van der Waals surface area contributed by atoms with Crippen molar-refractivity contribution in [2.45, 2.75) is 44.0 Å². The minimum absolute atomic E-state index is 0.0800. The Bertz CT molecular complexity index is 973. The second-order valence-corrected chi connectivity index (χ2v) is 9.91. The third-order valence-electron chi connectivity index (χ3n) is 4.41. The molecule has 1 unspecified atom stereocenters. The second-order valence-electron chi connectivity index (χ2n) is 8.20. The number of amides is 1. The Morgan fingerprint density at radius 3 is 2.20 bits per heavy atom. The van der Waals surface area contributed by atoms with Crippen LogP contribution in [-0.2, 0) is 25.0 Å². The molecule has 0 bridgehead atoms. The van der Waals surface area contributed by atoms with Crippen molar-refractivity contribution in [3.63, 3.8) is 0 Å². The van der Waals surface area contributed by atoms with Gasteiger partial charge in [-0.05, 0) is 53.8 Å². The van der Waals surface area contributed by atoms with Crippen molar-refractivity contribution in [3.05, 3.63) is 65.7 Å². The van der Waals surface area contributed by atoms with Crippen LogP contribution in [0.5, 0.6) is 0 Å². The Balaban J connectivity index is 1.98. The molecule has 0 radical (unpaired) electrons. The first kappa shape index (κ1) is 23.8. The van der Waals surface area contributed by atoms with Gasteiger partial charge in [0.1, 0.15) is 0 Å². The molecule has 162 valence electrons. The third-order valence-corrected chi connectivity index (χ3v) is 6.01. The van der Waals surface area contributed by atoms with E-state index in [1.54, 1.807) is 25.1 Å². The highest BCUT2D eigenvalue weighted by Crippen LogP contribution is 2.22. The first-order chi connectivity index (χ1) is 14.0. The lowest BCUT2D eigenvalue weighted by molar-refractivity contribution is -0.111. The highest BCUT2D eigenvalue weighted by Gasteiger charge is 2.17. The first-order valence-electron chi connectivity index (χ1n) is 9.72. The van der Waals surface area contributed by atoms with E-state index in [9.17, 15) is 13.2 Å². The van der Waals surface area contributed by atoms with Crippen molar-refractivity contribution in [2.24, 2.45) is 0 Å². The maximum absolute atomic E-state index is 12.3.